The van der Waals surface area contributed by atoms with E-state index in [-0.39, 0.29) is 5.91 Å². The zero-order valence-electron chi connectivity index (χ0n) is 15.7. The predicted octanol–water partition coefficient (Wildman–Crippen LogP) is 4.47. The van der Waals surface area contributed by atoms with Gasteiger partial charge in [0.15, 0.2) is 0 Å². The fourth-order valence-electron chi connectivity index (χ4n) is 3.78. The second kappa shape index (κ2) is 7.78. The minimum absolute atomic E-state index is 0.0970. The zero-order chi connectivity index (χ0) is 18.6. The number of aromatic nitrogens is 2. The minimum atomic E-state index is 0.0970. The molecular formula is C23H25N3O. The normalized spacial score (nSPS) is 17.1. The van der Waals surface area contributed by atoms with Crippen LogP contribution in [0.5, 0.6) is 0 Å². The first kappa shape index (κ1) is 17.5. The number of rotatable bonds is 4. The van der Waals surface area contributed by atoms with E-state index in [1.165, 1.54) is 12.0 Å². The Morgan fingerprint density at radius 3 is 2.48 bits per heavy atom. The number of nitrogens with zero attached hydrogens (tertiary/aromatic N) is 3. The van der Waals surface area contributed by atoms with E-state index in [1.807, 2.05) is 64.3 Å². The lowest BCUT2D eigenvalue weighted by atomic mass is 9.99. The molecule has 3 aromatic rings. The highest BCUT2D eigenvalue weighted by Gasteiger charge is 2.26. The first-order chi connectivity index (χ1) is 13.2. The third-order valence-corrected chi connectivity index (χ3v) is 5.17. The molecule has 4 heteroatoms. The molecule has 0 radical (unpaired) electrons. The van der Waals surface area contributed by atoms with Crippen molar-refractivity contribution in [3.05, 3.63) is 78.0 Å². The van der Waals surface area contributed by atoms with Gasteiger partial charge in [-0.1, -0.05) is 67.6 Å². The van der Waals surface area contributed by atoms with Gasteiger partial charge >= 0.3 is 0 Å². The minimum Gasteiger partial charge on any atom is -0.338 e. The molecule has 1 saturated heterocycles. The molecule has 4 nitrogen and oxygen atoms in total. The van der Waals surface area contributed by atoms with E-state index in [0.717, 1.165) is 30.8 Å². The number of carbonyl (C=O) groups is 1. The molecule has 0 saturated carbocycles. The average Bonchev–Trinajstić information content (AvgIpc) is 3.12. The van der Waals surface area contributed by atoms with Crippen molar-refractivity contribution < 1.29 is 4.79 Å². The maximum Gasteiger partial charge on any atom is 0.257 e. The summed E-state index contributed by atoms with van der Waals surface area (Å²) in [5, 5.41) is 4.78. The van der Waals surface area contributed by atoms with E-state index in [9.17, 15) is 4.79 Å². The summed E-state index contributed by atoms with van der Waals surface area (Å²) in [5.41, 5.74) is 3.63. The van der Waals surface area contributed by atoms with Crippen LogP contribution in [0.15, 0.2) is 66.9 Å². The highest BCUT2D eigenvalue weighted by atomic mass is 16.2. The summed E-state index contributed by atoms with van der Waals surface area (Å²) >= 11 is 0. The van der Waals surface area contributed by atoms with Crippen molar-refractivity contribution in [1.29, 1.82) is 0 Å². The third-order valence-electron chi connectivity index (χ3n) is 5.17. The van der Waals surface area contributed by atoms with Gasteiger partial charge in [-0.15, -0.1) is 0 Å². The Balaban J connectivity index is 1.69. The Hall–Kier alpha value is -2.88. The Labute approximate surface area is 160 Å². The quantitative estimate of drug-likeness (QED) is 0.689. The van der Waals surface area contributed by atoms with E-state index < -0.39 is 0 Å². The van der Waals surface area contributed by atoms with Crippen molar-refractivity contribution >= 4 is 5.91 Å². The summed E-state index contributed by atoms with van der Waals surface area (Å²) in [4.78, 5) is 15.3. The van der Waals surface area contributed by atoms with Crippen LogP contribution < -0.4 is 0 Å². The molecule has 1 atom stereocenters. The van der Waals surface area contributed by atoms with Gasteiger partial charge < -0.3 is 4.90 Å². The third kappa shape index (κ3) is 3.95. The maximum absolute atomic E-state index is 13.3. The van der Waals surface area contributed by atoms with Crippen LogP contribution in [0.25, 0.3) is 11.3 Å². The van der Waals surface area contributed by atoms with Gasteiger partial charge in [0.1, 0.15) is 5.69 Å². The van der Waals surface area contributed by atoms with Gasteiger partial charge in [-0.05, 0) is 24.3 Å². The predicted molar refractivity (Wildman–Crippen MR) is 108 cm³/mol. The van der Waals surface area contributed by atoms with Crippen LogP contribution in [-0.4, -0.2) is 33.7 Å². The van der Waals surface area contributed by atoms with Crippen molar-refractivity contribution in [3.8, 4) is 11.3 Å². The number of hydrogen-bond acceptors (Lipinski definition) is 2. The molecule has 1 aliphatic heterocycles. The molecule has 0 spiro atoms. The molecule has 0 N–H and O–H groups in total. The molecule has 1 aromatic heterocycles. The molecule has 1 aliphatic rings. The van der Waals surface area contributed by atoms with Crippen LogP contribution in [0.4, 0.5) is 0 Å². The number of carbonyl (C=O) groups excluding carboxylic acids is 1. The highest BCUT2D eigenvalue weighted by Crippen LogP contribution is 2.26. The van der Waals surface area contributed by atoms with E-state index in [1.54, 1.807) is 0 Å². The summed E-state index contributed by atoms with van der Waals surface area (Å²) in [5.74, 6) is 0.655. The van der Waals surface area contributed by atoms with E-state index in [4.69, 9.17) is 5.10 Å². The second-order valence-corrected chi connectivity index (χ2v) is 7.44. The SMILES string of the molecule is CC1CCCN(C(=O)c2cn(Cc3ccccc3)nc2-c2ccccc2)C1. The lowest BCUT2D eigenvalue weighted by molar-refractivity contribution is 0.0683. The Kier molecular flexibility index (Phi) is 5.05. The van der Waals surface area contributed by atoms with Crippen LogP contribution in [-0.2, 0) is 6.54 Å². The van der Waals surface area contributed by atoms with Gasteiger partial charge in [0.25, 0.3) is 5.91 Å². The molecule has 2 aromatic carbocycles. The van der Waals surface area contributed by atoms with Gasteiger partial charge in [0.2, 0.25) is 0 Å². The first-order valence-electron chi connectivity index (χ1n) is 9.67. The van der Waals surface area contributed by atoms with Crippen LogP contribution >= 0.6 is 0 Å². The molecule has 2 heterocycles. The molecule has 0 aliphatic carbocycles. The van der Waals surface area contributed by atoms with E-state index in [0.29, 0.717) is 18.0 Å². The highest BCUT2D eigenvalue weighted by molar-refractivity contribution is 5.99. The number of amides is 1. The van der Waals surface area contributed by atoms with Gasteiger partial charge in [-0.3, -0.25) is 9.48 Å². The fourth-order valence-corrected chi connectivity index (χ4v) is 3.78. The van der Waals surface area contributed by atoms with Gasteiger partial charge in [0, 0.05) is 24.8 Å². The molecular weight excluding hydrogens is 334 g/mol. The van der Waals surface area contributed by atoms with Crippen LogP contribution in [0.2, 0.25) is 0 Å². The second-order valence-electron chi connectivity index (χ2n) is 7.44. The number of piperidine rings is 1. The lowest BCUT2D eigenvalue weighted by Crippen LogP contribution is -2.39. The monoisotopic (exact) mass is 359 g/mol. The van der Waals surface area contributed by atoms with Crippen molar-refractivity contribution in [1.82, 2.24) is 14.7 Å². The Morgan fingerprint density at radius 2 is 1.78 bits per heavy atom. The van der Waals surface area contributed by atoms with Crippen molar-refractivity contribution in [3.63, 3.8) is 0 Å². The van der Waals surface area contributed by atoms with Crippen molar-refractivity contribution in [2.75, 3.05) is 13.1 Å². The smallest absolute Gasteiger partial charge is 0.257 e. The summed E-state index contributed by atoms with van der Waals surface area (Å²) in [7, 11) is 0. The summed E-state index contributed by atoms with van der Waals surface area (Å²) in [6, 6.07) is 20.2. The molecule has 138 valence electrons. The standard InChI is InChI=1S/C23H25N3O/c1-18-9-8-14-25(15-18)23(27)21-17-26(16-19-10-4-2-5-11-19)24-22(21)20-12-6-3-7-13-20/h2-7,10-13,17-18H,8-9,14-16H2,1H3. The largest absolute Gasteiger partial charge is 0.338 e. The van der Waals surface area contributed by atoms with Crippen molar-refractivity contribution in [2.24, 2.45) is 5.92 Å². The van der Waals surface area contributed by atoms with Crippen LogP contribution in [0.1, 0.15) is 35.7 Å². The maximum atomic E-state index is 13.3. The molecule has 1 fully saturated rings. The molecule has 1 unspecified atom stereocenters. The summed E-state index contributed by atoms with van der Waals surface area (Å²) < 4.78 is 1.89. The summed E-state index contributed by atoms with van der Waals surface area (Å²) in [6.45, 7) is 4.54. The van der Waals surface area contributed by atoms with Gasteiger partial charge in [-0.25, -0.2) is 0 Å². The van der Waals surface area contributed by atoms with E-state index in [2.05, 4.69) is 19.1 Å². The van der Waals surface area contributed by atoms with Crippen molar-refractivity contribution in [2.45, 2.75) is 26.3 Å². The lowest BCUT2D eigenvalue weighted by Gasteiger charge is -2.30. The zero-order valence-corrected chi connectivity index (χ0v) is 15.7. The van der Waals surface area contributed by atoms with Gasteiger partial charge in [-0.2, -0.15) is 5.10 Å². The summed E-state index contributed by atoms with van der Waals surface area (Å²) in [6.07, 6.45) is 4.19. The number of hydrogen-bond donors (Lipinski definition) is 0. The molecule has 4 rings (SSSR count). The first-order valence-corrected chi connectivity index (χ1v) is 9.67. The van der Waals surface area contributed by atoms with E-state index >= 15 is 0 Å². The Bertz CT molecular complexity index is 902. The Morgan fingerprint density at radius 1 is 1.07 bits per heavy atom. The number of likely N-dealkylation sites (tertiary alicyclic amines) is 1. The molecule has 1 amide bonds. The topological polar surface area (TPSA) is 38.1 Å². The fraction of sp³-hybridized carbons (Fsp3) is 0.304. The molecule has 27 heavy (non-hydrogen) atoms. The number of benzene rings is 2. The van der Waals surface area contributed by atoms with Crippen LogP contribution in [0.3, 0.4) is 0 Å². The molecule has 0 bridgehead atoms. The van der Waals surface area contributed by atoms with Gasteiger partial charge in [0.05, 0.1) is 12.1 Å². The van der Waals surface area contributed by atoms with Crippen LogP contribution in [0, 0.1) is 5.92 Å². The average molecular weight is 359 g/mol.